The lowest BCUT2D eigenvalue weighted by Crippen LogP contribution is -2.61. The minimum atomic E-state index is -1.86. The summed E-state index contributed by atoms with van der Waals surface area (Å²) in [5, 5.41) is 0.854. The van der Waals surface area contributed by atoms with Crippen LogP contribution in [0.5, 0.6) is 5.75 Å². The second kappa shape index (κ2) is 10.9. The smallest absolute Gasteiger partial charge is 0.430 e. The molecule has 5 rings (SSSR count). The van der Waals surface area contributed by atoms with Crippen LogP contribution in [0.3, 0.4) is 0 Å². The zero-order chi connectivity index (χ0) is 26.4. The molecule has 0 unspecified atom stereocenters. The van der Waals surface area contributed by atoms with Crippen LogP contribution in [-0.2, 0) is 33.0 Å². The van der Waals surface area contributed by atoms with E-state index in [2.05, 4.69) is 5.43 Å². The molecule has 4 aromatic rings. The molecule has 0 radical (unpaired) electrons. The van der Waals surface area contributed by atoms with Gasteiger partial charge >= 0.3 is 18.2 Å². The average molecular weight is 509 g/mol. The Kier molecular flexibility index (Phi) is 7.04. The van der Waals surface area contributed by atoms with Gasteiger partial charge < -0.3 is 14.2 Å². The average Bonchev–Trinajstić information content (AvgIpc) is 3.27. The molecule has 0 saturated heterocycles. The molecule has 1 N–H and O–H groups in total. The van der Waals surface area contributed by atoms with E-state index in [9.17, 15) is 14.4 Å². The fourth-order valence-electron chi connectivity index (χ4n) is 4.33. The van der Waals surface area contributed by atoms with Gasteiger partial charge in [0, 0.05) is 5.56 Å². The third-order valence-corrected chi connectivity index (χ3v) is 6.11. The third-order valence-electron chi connectivity index (χ3n) is 6.11. The second-order valence-electron chi connectivity index (χ2n) is 8.51. The number of carbonyl (C=O) groups is 3. The van der Waals surface area contributed by atoms with Crippen molar-refractivity contribution in [2.24, 2.45) is 0 Å². The summed E-state index contributed by atoms with van der Waals surface area (Å²) in [6.45, 7) is -0.128. The molecule has 1 heterocycles. The number of benzene rings is 4. The minimum Gasteiger partial charge on any atom is -0.443 e. The van der Waals surface area contributed by atoms with Crippen molar-refractivity contribution in [3.05, 3.63) is 138 Å². The fourth-order valence-corrected chi connectivity index (χ4v) is 4.33. The molecule has 8 nitrogen and oxygen atoms in total. The molecule has 8 heteroatoms. The number of nitrogens with zero attached hydrogens (tertiary/aromatic N) is 1. The molecule has 0 spiro atoms. The first-order valence-electron chi connectivity index (χ1n) is 11.9. The van der Waals surface area contributed by atoms with Crippen LogP contribution in [0.2, 0.25) is 0 Å². The molecule has 0 bridgehead atoms. The van der Waals surface area contributed by atoms with E-state index in [0.29, 0.717) is 11.1 Å². The van der Waals surface area contributed by atoms with Crippen LogP contribution < -0.4 is 10.2 Å². The number of esters is 1. The van der Waals surface area contributed by atoms with Crippen molar-refractivity contribution < 1.29 is 28.6 Å². The Balaban J connectivity index is 1.53. The first-order valence-corrected chi connectivity index (χ1v) is 11.9. The molecular weight excluding hydrogens is 484 g/mol. The summed E-state index contributed by atoms with van der Waals surface area (Å²) >= 11 is 0. The van der Waals surface area contributed by atoms with Crippen molar-refractivity contribution in [2.45, 2.75) is 18.8 Å². The fraction of sp³-hybridized carbons (Fsp3) is 0.100. The SMILES string of the molecule is O=C(NN(C(=O)OCc1ccccc1)[C@@]1(c2ccccc2)C(=O)Oc2ccccc21)OCc1ccccc1. The van der Waals surface area contributed by atoms with Gasteiger partial charge in [-0.15, -0.1) is 0 Å². The van der Waals surface area contributed by atoms with E-state index in [1.807, 2.05) is 36.4 Å². The largest absolute Gasteiger partial charge is 0.443 e. The van der Waals surface area contributed by atoms with Gasteiger partial charge in [-0.2, -0.15) is 5.01 Å². The molecule has 0 aromatic heterocycles. The number of rotatable bonds is 6. The molecule has 4 aromatic carbocycles. The Bertz CT molecular complexity index is 1430. The molecule has 1 aliphatic rings. The van der Waals surface area contributed by atoms with Gasteiger partial charge in [0.05, 0.1) is 0 Å². The highest BCUT2D eigenvalue weighted by Crippen LogP contribution is 2.46. The second-order valence-corrected chi connectivity index (χ2v) is 8.51. The van der Waals surface area contributed by atoms with Crippen molar-refractivity contribution >= 4 is 18.2 Å². The summed E-state index contributed by atoms with van der Waals surface area (Å²) in [6, 6.07) is 33.5. The molecule has 2 amide bonds. The van der Waals surface area contributed by atoms with E-state index in [4.69, 9.17) is 14.2 Å². The molecule has 38 heavy (non-hydrogen) atoms. The van der Waals surface area contributed by atoms with Crippen LogP contribution in [-0.4, -0.2) is 23.2 Å². The Hall–Kier alpha value is -5.11. The molecule has 1 atom stereocenters. The summed E-state index contributed by atoms with van der Waals surface area (Å²) in [6.07, 6.45) is -1.92. The number of carbonyl (C=O) groups excluding carboxylic acids is 3. The predicted molar refractivity (Wildman–Crippen MR) is 138 cm³/mol. The monoisotopic (exact) mass is 508 g/mol. The number of para-hydroxylation sites is 1. The van der Waals surface area contributed by atoms with E-state index in [0.717, 1.165) is 16.1 Å². The molecule has 0 fully saturated rings. The lowest BCUT2D eigenvalue weighted by molar-refractivity contribution is -0.143. The van der Waals surface area contributed by atoms with Crippen LogP contribution in [0.15, 0.2) is 115 Å². The van der Waals surface area contributed by atoms with Gasteiger partial charge in [0.2, 0.25) is 5.54 Å². The summed E-state index contributed by atoms with van der Waals surface area (Å²) in [5.41, 5.74) is 2.86. The molecule has 190 valence electrons. The number of nitrogens with one attached hydrogen (secondary N) is 1. The highest BCUT2D eigenvalue weighted by atomic mass is 16.6. The number of fused-ring (bicyclic) bond motifs is 1. The molecule has 0 aliphatic carbocycles. The number of hydrogen-bond acceptors (Lipinski definition) is 6. The number of amides is 2. The van der Waals surface area contributed by atoms with Crippen LogP contribution in [0.25, 0.3) is 0 Å². The van der Waals surface area contributed by atoms with E-state index < -0.39 is 23.7 Å². The van der Waals surface area contributed by atoms with E-state index in [-0.39, 0.29) is 19.0 Å². The summed E-state index contributed by atoms with van der Waals surface area (Å²) in [7, 11) is 0. The van der Waals surface area contributed by atoms with Gasteiger partial charge in [-0.1, -0.05) is 109 Å². The Morgan fingerprint density at radius 3 is 1.87 bits per heavy atom. The van der Waals surface area contributed by atoms with Crippen molar-refractivity contribution in [3.63, 3.8) is 0 Å². The van der Waals surface area contributed by atoms with Gasteiger partial charge in [-0.25, -0.2) is 19.8 Å². The molecular formula is C30H24N2O6. The van der Waals surface area contributed by atoms with Crippen molar-refractivity contribution in [1.82, 2.24) is 10.4 Å². The third kappa shape index (κ3) is 4.79. The first-order chi connectivity index (χ1) is 18.6. The Morgan fingerprint density at radius 2 is 1.24 bits per heavy atom. The standard InChI is InChI=1S/C30H24N2O6/c33-27-30(24-16-8-3-9-17-24,25-18-10-11-19-26(25)38-27)32(29(35)37-21-23-14-6-2-7-15-23)31-28(34)36-20-22-12-4-1-5-13-22/h1-19H,20-21H2,(H,31,34)/t30-/m1/s1. The van der Waals surface area contributed by atoms with Crippen molar-refractivity contribution in [2.75, 3.05) is 0 Å². The zero-order valence-corrected chi connectivity index (χ0v) is 20.3. The number of hydrazine groups is 1. The van der Waals surface area contributed by atoms with Crippen LogP contribution in [0, 0.1) is 0 Å². The normalized spacial score (nSPS) is 15.6. The maximum Gasteiger partial charge on any atom is 0.430 e. The Morgan fingerprint density at radius 1 is 0.711 bits per heavy atom. The number of hydrogen-bond donors (Lipinski definition) is 1. The van der Waals surface area contributed by atoms with Crippen LogP contribution in [0.4, 0.5) is 9.59 Å². The quantitative estimate of drug-likeness (QED) is 0.215. The van der Waals surface area contributed by atoms with Crippen LogP contribution >= 0.6 is 0 Å². The lowest BCUT2D eigenvalue weighted by Gasteiger charge is -2.37. The van der Waals surface area contributed by atoms with Crippen molar-refractivity contribution in [3.8, 4) is 5.75 Å². The highest BCUT2D eigenvalue weighted by molar-refractivity contribution is 5.97. The van der Waals surface area contributed by atoms with Crippen LogP contribution in [0.1, 0.15) is 22.3 Å². The summed E-state index contributed by atoms with van der Waals surface area (Å²) < 4.78 is 16.6. The Labute approximate surface area is 219 Å². The lowest BCUT2D eigenvalue weighted by atomic mass is 9.83. The highest BCUT2D eigenvalue weighted by Gasteiger charge is 2.58. The maximum absolute atomic E-state index is 13.7. The van der Waals surface area contributed by atoms with E-state index >= 15 is 0 Å². The number of ether oxygens (including phenoxy) is 3. The van der Waals surface area contributed by atoms with E-state index in [1.54, 1.807) is 78.9 Å². The van der Waals surface area contributed by atoms with Gasteiger partial charge in [-0.05, 0) is 22.8 Å². The predicted octanol–water partition coefficient (Wildman–Crippen LogP) is 5.33. The summed E-state index contributed by atoms with van der Waals surface area (Å²) in [4.78, 5) is 40.4. The van der Waals surface area contributed by atoms with Gasteiger partial charge in [0.25, 0.3) is 0 Å². The minimum absolute atomic E-state index is 0.0427. The summed E-state index contributed by atoms with van der Waals surface area (Å²) in [5.74, 6) is -0.508. The van der Waals surface area contributed by atoms with Crippen molar-refractivity contribution in [1.29, 1.82) is 0 Å². The van der Waals surface area contributed by atoms with E-state index in [1.165, 1.54) is 0 Å². The molecule has 1 aliphatic heterocycles. The topological polar surface area (TPSA) is 94.2 Å². The molecule has 0 saturated carbocycles. The maximum atomic E-state index is 13.7. The zero-order valence-electron chi connectivity index (χ0n) is 20.3. The van der Waals surface area contributed by atoms with Gasteiger partial charge in [0.1, 0.15) is 19.0 Å². The first kappa shape index (κ1) is 24.6. The van der Waals surface area contributed by atoms with Gasteiger partial charge in [-0.3, -0.25) is 0 Å². The van der Waals surface area contributed by atoms with Gasteiger partial charge in [0.15, 0.2) is 0 Å².